The standard InChI is InChI=1S/C48H62ClN3O7/c1-31(30-59-42-18-23-50-40-14-6-9-32(2)44(40)42)25-35-27-34-16-17-38(58-24-8-15-43(53)51-41(45(54)55)26-33-10-4-3-5-11-33)29-39(34)47(35)19-21-48(22-20-47,46(56)57)52-37-13-7-12-36(49)28-37/h7,12-13,16-18,23,28-29,31-33,35,41,52H,3-6,8-11,14-15,19-22,24-27,30H2,1-2H3,(H,51,53)(H,54,55)(H,56,57)/t31-,32-,35+,41-,47?,48?/m1/s1. The number of nitrogens with zero attached hydrogens (tertiary/aromatic N) is 1. The second-order valence-corrected chi connectivity index (χ2v) is 18.6. The van der Waals surface area contributed by atoms with Crippen molar-refractivity contribution in [3.05, 3.63) is 82.1 Å². The van der Waals surface area contributed by atoms with Crippen molar-refractivity contribution >= 4 is 35.1 Å². The maximum absolute atomic E-state index is 13.1. The van der Waals surface area contributed by atoms with Gasteiger partial charge in [-0.15, -0.1) is 0 Å². The van der Waals surface area contributed by atoms with Gasteiger partial charge in [-0.2, -0.15) is 0 Å². The van der Waals surface area contributed by atoms with E-state index in [4.69, 9.17) is 21.1 Å². The zero-order valence-electron chi connectivity index (χ0n) is 34.8. The molecule has 11 heteroatoms. The molecule has 3 aromatic rings. The monoisotopic (exact) mass is 827 g/mol. The van der Waals surface area contributed by atoms with E-state index in [2.05, 4.69) is 41.6 Å². The summed E-state index contributed by atoms with van der Waals surface area (Å²) < 4.78 is 12.9. The van der Waals surface area contributed by atoms with E-state index in [0.29, 0.717) is 74.3 Å². The van der Waals surface area contributed by atoms with Crippen LogP contribution >= 0.6 is 11.6 Å². The topological polar surface area (TPSA) is 147 Å². The van der Waals surface area contributed by atoms with Crippen LogP contribution in [-0.2, 0) is 32.6 Å². The van der Waals surface area contributed by atoms with Crippen molar-refractivity contribution in [3.8, 4) is 11.5 Å². The number of amides is 1. The molecule has 10 nitrogen and oxygen atoms in total. The van der Waals surface area contributed by atoms with Crippen molar-refractivity contribution in [3.63, 3.8) is 0 Å². The Balaban J connectivity index is 1.03. The summed E-state index contributed by atoms with van der Waals surface area (Å²) >= 11 is 6.30. The smallest absolute Gasteiger partial charge is 0.329 e. The molecule has 1 heterocycles. The van der Waals surface area contributed by atoms with E-state index in [1.54, 1.807) is 12.1 Å². The summed E-state index contributed by atoms with van der Waals surface area (Å²) in [7, 11) is 0. The molecule has 1 aromatic heterocycles. The van der Waals surface area contributed by atoms with Gasteiger partial charge in [0.1, 0.15) is 23.1 Å². The highest BCUT2D eigenvalue weighted by atomic mass is 35.5. The lowest BCUT2D eigenvalue weighted by molar-refractivity contribution is -0.144. The lowest BCUT2D eigenvalue weighted by atomic mass is 9.59. The molecule has 2 saturated carbocycles. The van der Waals surface area contributed by atoms with Gasteiger partial charge in [0.25, 0.3) is 0 Å². The Bertz CT molecular complexity index is 1960. The Morgan fingerprint density at radius 2 is 1.75 bits per heavy atom. The van der Waals surface area contributed by atoms with Gasteiger partial charge in [-0.1, -0.05) is 69.7 Å². The fraction of sp³-hybridized carbons (Fsp3) is 0.583. The van der Waals surface area contributed by atoms with Crippen LogP contribution in [0.2, 0.25) is 5.02 Å². The molecule has 4 N–H and O–H groups in total. The number of halogens is 1. The van der Waals surface area contributed by atoms with Gasteiger partial charge >= 0.3 is 11.9 Å². The quantitative estimate of drug-likeness (QED) is 0.0977. The van der Waals surface area contributed by atoms with Crippen molar-refractivity contribution in [1.82, 2.24) is 10.3 Å². The molecule has 4 atom stereocenters. The molecule has 59 heavy (non-hydrogen) atoms. The van der Waals surface area contributed by atoms with Crippen molar-refractivity contribution in [2.24, 2.45) is 17.8 Å². The molecular formula is C48H62ClN3O7. The highest BCUT2D eigenvalue weighted by Gasteiger charge is 2.54. The molecule has 2 aromatic carbocycles. The van der Waals surface area contributed by atoms with Gasteiger partial charge in [0.15, 0.2) is 0 Å². The molecule has 0 aliphatic heterocycles. The molecule has 1 amide bonds. The highest BCUT2D eigenvalue weighted by Crippen LogP contribution is 2.57. The van der Waals surface area contributed by atoms with Crippen molar-refractivity contribution in [1.29, 1.82) is 0 Å². The Morgan fingerprint density at radius 1 is 0.949 bits per heavy atom. The van der Waals surface area contributed by atoms with E-state index in [1.807, 2.05) is 30.5 Å². The summed E-state index contributed by atoms with van der Waals surface area (Å²) in [5.41, 5.74) is 4.25. The Hall–Kier alpha value is -4.31. The molecule has 4 aliphatic carbocycles. The summed E-state index contributed by atoms with van der Waals surface area (Å²) in [6, 6.07) is 14.7. The number of carbonyl (C=O) groups is 3. The number of aryl methyl sites for hydroxylation is 1. The van der Waals surface area contributed by atoms with Gasteiger partial charge in [0.2, 0.25) is 5.91 Å². The normalized spacial score (nSPS) is 25.0. The summed E-state index contributed by atoms with van der Waals surface area (Å²) in [6.07, 6.45) is 15.9. The Labute approximate surface area is 354 Å². The lowest BCUT2D eigenvalue weighted by Gasteiger charge is -2.47. The SMILES string of the molecule is C[C@@H](COc1ccnc2c1[C@H](C)CCC2)C[C@H]1Cc2ccc(OCCCC(=O)N[C@H](CC3CCCCC3)C(=O)O)cc2C12CCC(Nc1cccc(Cl)c1)(C(=O)O)CC2. The highest BCUT2D eigenvalue weighted by molar-refractivity contribution is 6.30. The Kier molecular flexibility index (Phi) is 13.7. The first-order chi connectivity index (χ1) is 28.4. The van der Waals surface area contributed by atoms with E-state index in [1.165, 1.54) is 23.1 Å². The van der Waals surface area contributed by atoms with Crippen LogP contribution < -0.4 is 20.1 Å². The zero-order chi connectivity index (χ0) is 41.6. The van der Waals surface area contributed by atoms with Gasteiger partial charge in [0.05, 0.1) is 13.2 Å². The van der Waals surface area contributed by atoms with Crippen LogP contribution in [0.4, 0.5) is 5.69 Å². The van der Waals surface area contributed by atoms with Crippen LogP contribution in [0.3, 0.4) is 0 Å². The molecule has 1 spiro atoms. The number of aliphatic carboxylic acids is 2. The van der Waals surface area contributed by atoms with Crippen LogP contribution in [0, 0.1) is 17.8 Å². The fourth-order valence-corrected chi connectivity index (χ4v) is 11.0. The number of carboxylic acid groups (broad SMARTS) is 2. The molecular weight excluding hydrogens is 766 g/mol. The van der Waals surface area contributed by atoms with Crippen LogP contribution in [-0.4, -0.2) is 57.8 Å². The second-order valence-electron chi connectivity index (χ2n) is 18.2. The largest absolute Gasteiger partial charge is 0.494 e. The zero-order valence-corrected chi connectivity index (χ0v) is 35.5. The Morgan fingerprint density at radius 3 is 2.49 bits per heavy atom. The third-order valence-corrected chi connectivity index (χ3v) is 14.2. The van der Waals surface area contributed by atoms with Crippen LogP contribution in [0.5, 0.6) is 11.5 Å². The van der Waals surface area contributed by atoms with Crippen molar-refractivity contribution in [2.75, 3.05) is 18.5 Å². The molecule has 0 unspecified atom stereocenters. The number of ether oxygens (including phenoxy) is 2. The maximum Gasteiger partial charge on any atom is 0.329 e. The first-order valence-electron chi connectivity index (χ1n) is 22.1. The van der Waals surface area contributed by atoms with Crippen LogP contribution in [0.25, 0.3) is 0 Å². The number of carbonyl (C=O) groups excluding carboxylic acids is 1. The number of rotatable bonds is 17. The number of benzene rings is 2. The molecule has 0 bridgehead atoms. The minimum Gasteiger partial charge on any atom is -0.494 e. The molecule has 4 aliphatic rings. The van der Waals surface area contributed by atoms with E-state index in [0.717, 1.165) is 75.0 Å². The average Bonchev–Trinajstić information content (AvgIpc) is 3.50. The third kappa shape index (κ3) is 10.0. The fourth-order valence-electron chi connectivity index (χ4n) is 10.8. The van der Waals surface area contributed by atoms with Crippen molar-refractivity contribution < 1.29 is 34.1 Å². The molecule has 0 saturated heterocycles. The minimum absolute atomic E-state index is 0.184. The van der Waals surface area contributed by atoms with Gasteiger partial charge in [-0.25, -0.2) is 9.59 Å². The van der Waals surface area contributed by atoms with Crippen LogP contribution in [0.15, 0.2) is 54.7 Å². The summed E-state index contributed by atoms with van der Waals surface area (Å²) in [6.45, 7) is 5.44. The number of pyridine rings is 1. The summed E-state index contributed by atoms with van der Waals surface area (Å²) in [5, 5.41) is 27.2. The molecule has 318 valence electrons. The van der Waals surface area contributed by atoms with E-state index in [-0.39, 0.29) is 29.6 Å². The van der Waals surface area contributed by atoms with Gasteiger partial charge < -0.3 is 30.3 Å². The number of hydrogen-bond donors (Lipinski definition) is 4. The van der Waals surface area contributed by atoms with Crippen molar-refractivity contribution in [2.45, 2.75) is 146 Å². The molecule has 7 rings (SSSR count). The van der Waals surface area contributed by atoms with Gasteiger partial charge in [0, 0.05) is 34.6 Å². The van der Waals surface area contributed by atoms with Crippen LogP contribution in [0.1, 0.15) is 138 Å². The lowest BCUT2D eigenvalue weighted by Crippen LogP contribution is -2.53. The summed E-state index contributed by atoms with van der Waals surface area (Å²) in [4.78, 5) is 42.5. The molecule has 2 fully saturated rings. The first-order valence-corrected chi connectivity index (χ1v) is 22.5. The van der Waals surface area contributed by atoms with E-state index < -0.39 is 23.5 Å². The number of aromatic nitrogens is 1. The first kappa shape index (κ1) is 42.8. The number of fused-ring (bicyclic) bond motifs is 3. The van der Waals surface area contributed by atoms with Gasteiger partial charge in [-0.3, -0.25) is 9.78 Å². The second kappa shape index (κ2) is 18.9. The van der Waals surface area contributed by atoms with E-state index >= 15 is 0 Å². The number of carboxylic acids is 2. The predicted octanol–water partition coefficient (Wildman–Crippen LogP) is 9.90. The number of hydrogen-bond acceptors (Lipinski definition) is 7. The summed E-state index contributed by atoms with van der Waals surface area (Å²) in [5.74, 6) is 0.902. The molecule has 0 radical (unpaired) electrons. The number of anilines is 1. The third-order valence-electron chi connectivity index (χ3n) is 14.0. The number of nitrogens with one attached hydrogen (secondary N) is 2. The van der Waals surface area contributed by atoms with Gasteiger partial charge in [-0.05, 0) is 147 Å². The average molecular weight is 828 g/mol. The predicted molar refractivity (Wildman–Crippen MR) is 230 cm³/mol. The maximum atomic E-state index is 13.1. The van der Waals surface area contributed by atoms with E-state index in [9.17, 15) is 24.6 Å². The minimum atomic E-state index is -1.13.